The Balaban J connectivity index is 0.000000815. The summed E-state index contributed by atoms with van der Waals surface area (Å²) in [7, 11) is 3.31. The topological polar surface area (TPSA) is 180 Å². The molecule has 0 saturated carbocycles. The smallest absolute Gasteiger partial charge is 0.328 e. The molecule has 2 fully saturated rings. The first-order chi connectivity index (χ1) is 24.7. The van der Waals surface area contributed by atoms with E-state index in [1.54, 1.807) is 19.1 Å². The Morgan fingerprint density at radius 2 is 1.75 bits per heavy atom. The van der Waals surface area contributed by atoms with Gasteiger partial charge in [0, 0.05) is 83.1 Å². The van der Waals surface area contributed by atoms with Crippen LogP contribution in [0.3, 0.4) is 0 Å². The third-order valence-corrected chi connectivity index (χ3v) is 9.29. The van der Waals surface area contributed by atoms with Crippen molar-refractivity contribution in [2.45, 2.75) is 72.3 Å². The number of hydrogen-bond donors (Lipinski definition) is 3. The number of ether oxygens (including phenoxy) is 3. The molecule has 2 saturated heterocycles. The number of aromatic nitrogens is 3. The monoisotopic (exact) mass is 731 g/mol. The van der Waals surface area contributed by atoms with Crippen molar-refractivity contribution >= 4 is 23.7 Å². The molecule has 16 heteroatoms. The molecule has 3 heterocycles. The Labute approximate surface area is 305 Å². The first kappa shape index (κ1) is 42.2. The van der Waals surface area contributed by atoms with Crippen LogP contribution in [0.15, 0.2) is 36.7 Å². The summed E-state index contributed by atoms with van der Waals surface area (Å²) in [5, 5.41) is 27.3. The van der Waals surface area contributed by atoms with E-state index >= 15 is 0 Å². The maximum atomic E-state index is 14.3. The summed E-state index contributed by atoms with van der Waals surface area (Å²) in [6.07, 6.45) is 5.59. The van der Waals surface area contributed by atoms with Gasteiger partial charge in [-0.05, 0) is 70.7 Å². The highest BCUT2D eigenvalue weighted by molar-refractivity contribution is 5.97. The van der Waals surface area contributed by atoms with Gasteiger partial charge in [0.1, 0.15) is 17.9 Å². The standard InChI is InChI=1S/C32H50FN7O4.C4H4O4/c1-8-40(23(4)5)31(41)25-16-24(33)11-12-27(25)44-30-29(35-21-36-37-30)38-15-13-32(18-38)19-39(20-32)26(22(2)3)10-9-14-34-17-28(42-6)43-7;5-3(6)1-2-4(7)8/h11-12,16,21-23,26,28,34H,8-10,13-15,17-20H2,1-7H3;1-2H,(H,5,6)(H,7,8)/b;2-1+. The van der Waals surface area contributed by atoms with Crippen LogP contribution in [0.1, 0.15) is 64.2 Å². The van der Waals surface area contributed by atoms with E-state index in [4.69, 9.17) is 24.4 Å². The summed E-state index contributed by atoms with van der Waals surface area (Å²) in [6.45, 7) is 16.2. The molecule has 4 rings (SSSR count). The quantitative estimate of drug-likeness (QED) is 0.114. The number of nitrogens with zero attached hydrogens (tertiary/aromatic N) is 6. The van der Waals surface area contributed by atoms with E-state index < -0.39 is 17.8 Å². The van der Waals surface area contributed by atoms with Crippen molar-refractivity contribution in [3.63, 3.8) is 0 Å². The molecule has 15 nitrogen and oxygen atoms in total. The molecule has 0 radical (unpaired) electrons. The Kier molecular flexibility index (Phi) is 16.3. The van der Waals surface area contributed by atoms with Crippen molar-refractivity contribution in [3.05, 3.63) is 48.1 Å². The molecule has 2 aliphatic rings. The average Bonchev–Trinajstić information content (AvgIpc) is 3.54. The number of carboxylic acids is 2. The van der Waals surface area contributed by atoms with E-state index in [-0.39, 0.29) is 40.8 Å². The summed E-state index contributed by atoms with van der Waals surface area (Å²) in [5.74, 6) is -1.72. The number of nitrogens with one attached hydrogen (secondary N) is 1. The molecular weight excluding hydrogens is 677 g/mol. The third-order valence-electron chi connectivity index (χ3n) is 9.29. The van der Waals surface area contributed by atoms with Crippen molar-refractivity contribution in [3.8, 4) is 11.6 Å². The van der Waals surface area contributed by atoms with Gasteiger partial charge in [0.25, 0.3) is 11.8 Å². The number of benzene rings is 1. The number of anilines is 1. The number of carbonyl (C=O) groups is 3. The Morgan fingerprint density at radius 3 is 2.33 bits per heavy atom. The highest BCUT2D eigenvalue weighted by Gasteiger charge is 2.50. The van der Waals surface area contributed by atoms with Crippen LogP contribution in [0.25, 0.3) is 0 Å². The van der Waals surface area contributed by atoms with Crippen LogP contribution in [0, 0.1) is 17.2 Å². The molecule has 52 heavy (non-hydrogen) atoms. The summed E-state index contributed by atoms with van der Waals surface area (Å²) in [6, 6.07) is 4.46. The van der Waals surface area contributed by atoms with E-state index in [1.165, 1.54) is 24.5 Å². The molecule has 0 bridgehead atoms. The molecule has 3 N–H and O–H groups in total. The van der Waals surface area contributed by atoms with Gasteiger partial charge >= 0.3 is 11.9 Å². The Hall–Kier alpha value is -4.25. The zero-order valence-electron chi connectivity index (χ0n) is 31.2. The van der Waals surface area contributed by atoms with Crippen molar-refractivity contribution < 1.29 is 43.2 Å². The van der Waals surface area contributed by atoms with Crippen LogP contribution in [-0.2, 0) is 19.1 Å². The molecule has 1 aromatic heterocycles. The molecule has 2 aliphatic heterocycles. The molecule has 1 amide bonds. The number of methoxy groups -OCH3 is 2. The lowest BCUT2D eigenvalue weighted by molar-refractivity contribution is -0.134. The lowest BCUT2D eigenvalue weighted by atomic mass is 9.76. The number of rotatable bonds is 18. The van der Waals surface area contributed by atoms with Gasteiger partial charge in [-0.1, -0.05) is 13.8 Å². The number of likely N-dealkylation sites (tertiary alicyclic amines) is 1. The largest absolute Gasteiger partial charge is 0.478 e. The summed E-state index contributed by atoms with van der Waals surface area (Å²) in [4.78, 5) is 43.5. The zero-order valence-corrected chi connectivity index (χ0v) is 31.2. The van der Waals surface area contributed by atoms with Crippen molar-refractivity contribution in [1.82, 2.24) is 30.3 Å². The SMILES string of the molecule is CCN(C(=O)c1cc(F)ccc1Oc1nncnc1N1CCC2(C1)CN(C(CCCNCC(OC)OC)C(C)C)C2)C(C)C.O=C(O)/C=C/C(=O)O. The van der Waals surface area contributed by atoms with E-state index in [1.807, 2.05) is 20.8 Å². The van der Waals surface area contributed by atoms with E-state index in [2.05, 4.69) is 44.1 Å². The number of carboxylic acid groups (broad SMARTS) is 2. The van der Waals surface area contributed by atoms with Crippen molar-refractivity contribution in [2.24, 2.45) is 11.3 Å². The number of hydrogen-bond acceptors (Lipinski definition) is 12. The molecule has 1 unspecified atom stereocenters. The normalized spacial score (nSPS) is 15.9. The third kappa shape index (κ3) is 11.9. The summed E-state index contributed by atoms with van der Waals surface area (Å²) < 4.78 is 31.0. The minimum atomic E-state index is -1.26. The molecule has 1 spiro atoms. The zero-order chi connectivity index (χ0) is 38.4. The van der Waals surface area contributed by atoms with Crippen LogP contribution >= 0.6 is 0 Å². The first-order valence-corrected chi connectivity index (χ1v) is 17.6. The Bertz CT molecular complexity index is 1480. The molecule has 2 aromatic rings. The Morgan fingerprint density at radius 1 is 1.08 bits per heavy atom. The molecular formula is C36H54FN7O8. The van der Waals surface area contributed by atoms with E-state index in [0.29, 0.717) is 43.0 Å². The van der Waals surface area contributed by atoms with Crippen LogP contribution in [0.5, 0.6) is 11.6 Å². The van der Waals surface area contributed by atoms with Crippen molar-refractivity contribution in [1.29, 1.82) is 0 Å². The second-order valence-corrected chi connectivity index (χ2v) is 13.7. The summed E-state index contributed by atoms with van der Waals surface area (Å²) >= 11 is 0. The van der Waals surface area contributed by atoms with Crippen molar-refractivity contribution in [2.75, 3.05) is 64.9 Å². The molecule has 1 aromatic carbocycles. The van der Waals surface area contributed by atoms with Gasteiger partial charge in [-0.25, -0.2) is 19.0 Å². The van der Waals surface area contributed by atoms with Crippen LogP contribution in [0.2, 0.25) is 0 Å². The number of amides is 1. The van der Waals surface area contributed by atoms with Crippen LogP contribution in [0.4, 0.5) is 10.2 Å². The number of halogens is 1. The van der Waals surface area contributed by atoms with E-state index in [0.717, 1.165) is 52.0 Å². The lowest BCUT2D eigenvalue weighted by Crippen LogP contribution is -2.62. The highest BCUT2D eigenvalue weighted by Crippen LogP contribution is 2.44. The van der Waals surface area contributed by atoms with E-state index in [9.17, 15) is 18.8 Å². The second-order valence-electron chi connectivity index (χ2n) is 13.7. The van der Waals surface area contributed by atoms with Gasteiger partial charge in [0.15, 0.2) is 12.1 Å². The van der Waals surface area contributed by atoms with Gasteiger partial charge in [-0.15, -0.1) is 10.2 Å². The fourth-order valence-corrected chi connectivity index (χ4v) is 6.73. The van der Waals surface area contributed by atoms with Gasteiger partial charge in [-0.3, -0.25) is 9.69 Å². The molecule has 288 valence electrons. The van der Waals surface area contributed by atoms with Gasteiger partial charge < -0.3 is 39.5 Å². The predicted molar refractivity (Wildman–Crippen MR) is 192 cm³/mol. The molecule has 0 aliphatic carbocycles. The predicted octanol–water partition coefficient (Wildman–Crippen LogP) is 3.91. The van der Waals surface area contributed by atoms with Gasteiger partial charge in [0.05, 0.1) is 5.56 Å². The average molecular weight is 732 g/mol. The van der Waals surface area contributed by atoms with Crippen LogP contribution < -0.4 is 15.0 Å². The maximum Gasteiger partial charge on any atom is 0.328 e. The second kappa shape index (κ2) is 20.1. The minimum Gasteiger partial charge on any atom is -0.478 e. The first-order valence-electron chi connectivity index (χ1n) is 17.6. The molecule has 1 atom stereocenters. The van der Waals surface area contributed by atoms with Crippen LogP contribution in [-0.4, -0.2) is 131 Å². The van der Waals surface area contributed by atoms with Gasteiger partial charge in [-0.2, -0.15) is 0 Å². The summed E-state index contributed by atoms with van der Waals surface area (Å²) in [5.41, 5.74) is 0.338. The minimum absolute atomic E-state index is 0.0447. The van der Waals surface area contributed by atoms with Gasteiger partial charge in [0.2, 0.25) is 0 Å². The number of aliphatic carboxylic acids is 2. The maximum absolute atomic E-state index is 14.3. The lowest BCUT2D eigenvalue weighted by Gasteiger charge is -2.53. The number of carbonyl (C=O) groups excluding carboxylic acids is 1. The highest BCUT2D eigenvalue weighted by atomic mass is 19.1. The fraction of sp³-hybridized carbons (Fsp3) is 0.611. The fourth-order valence-electron chi connectivity index (χ4n) is 6.73.